The largest absolute Gasteiger partial charge is 0.478 e. The molecule has 2 amide bonds. The van der Waals surface area contributed by atoms with Crippen molar-refractivity contribution >= 4 is 75.3 Å². The molecule has 3 heterocycles. The number of hydrogen-bond donors (Lipinski definition) is 2. The minimum Gasteiger partial charge on any atom is -0.478 e. The van der Waals surface area contributed by atoms with E-state index in [0.717, 1.165) is 41.9 Å². The van der Waals surface area contributed by atoms with Gasteiger partial charge >= 0.3 is 5.97 Å². The Balaban J connectivity index is 1.20. The van der Waals surface area contributed by atoms with E-state index in [1.165, 1.54) is 34.4 Å². The Morgan fingerprint density at radius 3 is 2.61 bits per heavy atom. The summed E-state index contributed by atoms with van der Waals surface area (Å²) in [5.41, 5.74) is 2.32. The highest BCUT2D eigenvalue weighted by Crippen LogP contribution is 2.35. The van der Waals surface area contributed by atoms with E-state index in [9.17, 15) is 28.3 Å². The number of halogens is 2. The van der Waals surface area contributed by atoms with E-state index in [4.69, 9.17) is 17.0 Å². The fourth-order valence-electron chi connectivity index (χ4n) is 4.56. The van der Waals surface area contributed by atoms with Gasteiger partial charge in [0.2, 0.25) is 5.91 Å². The van der Waals surface area contributed by atoms with Crippen LogP contribution in [0.5, 0.6) is 0 Å². The zero-order valence-electron chi connectivity index (χ0n) is 23.3. The molecule has 228 valence electrons. The van der Waals surface area contributed by atoms with Crippen molar-refractivity contribution in [2.45, 2.75) is 6.42 Å². The van der Waals surface area contributed by atoms with E-state index in [-0.39, 0.29) is 30.3 Å². The molecule has 0 spiro atoms. The molecule has 0 bridgehead atoms. The van der Waals surface area contributed by atoms with Crippen LogP contribution >= 0.6 is 35.3 Å². The Morgan fingerprint density at radius 2 is 1.86 bits per heavy atom. The number of thiophene rings is 1. The molecule has 1 aromatic heterocycles. The Kier molecular flexibility index (Phi) is 10.3. The fraction of sp³-hybridized carbons (Fsp3) is 0.226. The van der Waals surface area contributed by atoms with Gasteiger partial charge in [0, 0.05) is 43.2 Å². The fourth-order valence-corrected chi connectivity index (χ4v) is 6.79. The maximum Gasteiger partial charge on any atom is 0.335 e. The first-order chi connectivity index (χ1) is 21.2. The highest BCUT2D eigenvalue weighted by atomic mass is 32.2. The molecule has 2 N–H and O–H groups in total. The molecule has 2 aromatic carbocycles. The highest BCUT2D eigenvalue weighted by molar-refractivity contribution is 8.26. The van der Waals surface area contributed by atoms with Gasteiger partial charge in [-0.25, -0.2) is 13.6 Å². The third-order valence-corrected chi connectivity index (χ3v) is 9.18. The van der Waals surface area contributed by atoms with Crippen molar-refractivity contribution in [3.05, 3.63) is 86.5 Å². The number of hydrogen-bond acceptors (Lipinski definition) is 8. The molecule has 0 radical (unpaired) electrons. The Hall–Kier alpha value is -3.75. The van der Waals surface area contributed by atoms with Gasteiger partial charge in [0.1, 0.15) is 4.32 Å². The topological polar surface area (TPSA) is 99.2 Å². The lowest BCUT2D eigenvalue weighted by atomic mass is 10.1. The molecule has 8 nitrogen and oxygen atoms in total. The van der Waals surface area contributed by atoms with E-state index in [1.807, 2.05) is 6.08 Å². The van der Waals surface area contributed by atoms with Crippen LogP contribution in [0.1, 0.15) is 27.2 Å². The number of rotatable bonds is 10. The van der Waals surface area contributed by atoms with Crippen LogP contribution in [-0.2, 0) is 14.3 Å². The van der Waals surface area contributed by atoms with E-state index in [1.54, 1.807) is 29.7 Å². The van der Waals surface area contributed by atoms with Gasteiger partial charge in [-0.1, -0.05) is 42.2 Å². The van der Waals surface area contributed by atoms with Gasteiger partial charge in [-0.05, 0) is 64.5 Å². The molecule has 13 heteroatoms. The van der Waals surface area contributed by atoms with Crippen molar-refractivity contribution in [1.82, 2.24) is 9.80 Å². The number of carbonyl (C=O) groups excluding carboxylic acids is 2. The van der Waals surface area contributed by atoms with Crippen LogP contribution in [0.4, 0.5) is 14.5 Å². The number of carboxylic acids is 1. The maximum atomic E-state index is 13.7. The van der Waals surface area contributed by atoms with Crippen LogP contribution in [-0.4, -0.2) is 76.4 Å². The predicted octanol–water partition coefficient (Wildman–Crippen LogP) is 5.97. The van der Waals surface area contributed by atoms with Crippen LogP contribution in [0.25, 0.3) is 23.3 Å². The number of benzene rings is 2. The third kappa shape index (κ3) is 7.85. The standard InChI is InChI=1S/C31H27F2N3O5S3/c32-24-5-3-19(16-25(24)33)22-15-23(43-18-22)17-27-29(38)36(31(42)44-27)9-7-28(37)34-26-6-4-21(30(39)40)14-20(26)2-1-8-35-10-12-41-13-11-35/h1-6,14-18H,7-13H2,(H,34,37)(H,39,40)/b2-1+,27-17-. The normalized spacial score (nSPS) is 16.8. The predicted molar refractivity (Wildman–Crippen MR) is 172 cm³/mol. The summed E-state index contributed by atoms with van der Waals surface area (Å²) in [6, 6.07) is 9.93. The number of carboxylic acid groups (broad SMARTS) is 1. The third-order valence-electron chi connectivity index (χ3n) is 6.92. The molecule has 0 unspecified atom stereocenters. The lowest BCUT2D eigenvalue weighted by Crippen LogP contribution is -2.36. The van der Waals surface area contributed by atoms with E-state index < -0.39 is 17.6 Å². The Labute approximate surface area is 266 Å². The molecule has 0 aliphatic carbocycles. The summed E-state index contributed by atoms with van der Waals surface area (Å²) >= 11 is 7.88. The molecule has 44 heavy (non-hydrogen) atoms. The summed E-state index contributed by atoms with van der Waals surface area (Å²) in [7, 11) is 0. The van der Waals surface area contributed by atoms with Gasteiger partial charge in [-0.15, -0.1) is 11.3 Å². The van der Waals surface area contributed by atoms with Crippen molar-refractivity contribution in [1.29, 1.82) is 0 Å². The Bertz CT molecular complexity index is 1670. The number of anilines is 1. The molecule has 2 aliphatic heterocycles. The van der Waals surface area contributed by atoms with Crippen molar-refractivity contribution in [3.63, 3.8) is 0 Å². The number of thioether (sulfide) groups is 1. The van der Waals surface area contributed by atoms with Gasteiger partial charge in [0.25, 0.3) is 5.91 Å². The molecular weight excluding hydrogens is 629 g/mol. The summed E-state index contributed by atoms with van der Waals surface area (Å²) in [6.07, 6.45) is 5.36. The average molecular weight is 656 g/mol. The van der Waals surface area contributed by atoms with E-state index in [2.05, 4.69) is 10.2 Å². The highest BCUT2D eigenvalue weighted by Gasteiger charge is 2.32. The molecular formula is C31H27F2N3O5S3. The van der Waals surface area contributed by atoms with Gasteiger partial charge in [-0.2, -0.15) is 0 Å². The molecule has 3 aromatic rings. The second kappa shape index (κ2) is 14.4. The minimum absolute atomic E-state index is 0.0311. The summed E-state index contributed by atoms with van der Waals surface area (Å²) < 4.78 is 32.6. The summed E-state index contributed by atoms with van der Waals surface area (Å²) in [4.78, 5) is 42.3. The number of nitrogens with zero attached hydrogens (tertiary/aromatic N) is 2. The number of carbonyl (C=O) groups is 3. The SMILES string of the molecule is O=C(CCN1C(=O)/C(=C/c2cc(-c3ccc(F)c(F)c3)cs2)SC1=S)Nc1ccc(C(=O)O)cc1/C=C/CN1CCOCC1. The Morgan fingerprint density at radius 1 is 1.07 bits per heavy atom. The van der Waals surface area contributed by atoms with Crippen molar-refractivity contribution < 1.29 is 33.0 Å². The summed E-state index contributed by atoms with van der Waals surface area (Å²) in [5, 5.41) is 14.1. The minimum atomic E-state index is -1.07. The lowest BCUT2D eigenvalue weighted by Gasteiger charge is -2.25. The molecule has 5 rings (SSSR count). The average Bonchev–Trinajstić information content (AvgIpc) is 3.58. The maximum absolute atomic E-state index is 13.7. The molecule has 2 saturated heterocycles. The monoisotopic (exact) mass is 655 g/mol. The first-order valence-corrected chi connectivity index (χ1v) is 15.7. The van der Waals surface area contributed by atoms with Crippen molar-refractivity contribution in [3.8, 4) is 11.1 Å². The van der Waals surface area contributed by atoms with Gasteiger partial charge in [0.15, 0.2) is 11.6 Å². The number of morpholine rings is 1. The summed E-state index contributed by atoms with van der Waals surface area (Å²) in [5.74, 6) is -3.61. The lowest BCUT2D eigenvalue weighted by molar-refractivity contribution is -0.122. The number of ether oxygens (including phenoxy) is 1. The van der Waals surface area contributed by atoms with Gasteiger partial charge < -0.3 is 15.2 Å². The van der Waals surface area contributed by atoms with Crippen molar-refractivity contribution in [2.75, 3.05) is 44.7 Å². The molecule has 0 atom stereocenters. The second-order valence-corrected chi connectivity index (χ2v) is 12.5. The van der Waals surface area contributed by atoms with Crippen LogP contribution in [0.3, 0.4) is 0 Å². The zero-order chi connectivity index (χ0) is 31.2. The molecule has 0 saturated carbocycles. The van der Waals surface area contributed by atoms with Gasteiger partial charge in [0.05, 0.1) is 23.7 Å². The number of thiocarbonyl (C=S) groups is 1. The quantitative estimate of drug-likeness (QED) is 0.204. The van der Waals surface area contributed by atoms with Crippen molar-refractivity contribution in [2.24, 2.45) is 0 Å². The molecule has 2 fully saturated rings. The van der Waals surface area contributed by atoms with E-state index in [0.29, 0.717) is 51.4 Å². The van der Waals surface area contributed by atoms with Crippen LogP contribution in [0, 0.1) is 11.6 Å². The number of nitrogens with one attached hydrogen (secondary N) is 1. The molecule has 2 aliphatic rings. The smallest absolute Gasteiger partial charge is 0.335 e. The zero-order valence-corrected chi connectivity index (χ0v) is 25.7. The second-order valence-electron chi connectivity index (χ2n) is 9.92. The van der Waals surface area contributed by atoms with Crippen LogP contribution < -0.4 is 5.32 Å². The van der Waals surface area contributed by atoms with Crippen LogP contribution in [0.2, 0.25) is 0 Å². The van der Waals surface area contributed by atoms with E-state index >= 15 is 0 Å². The van der Waals surface area contributed by atoms with Crippen LogP contribution in [0.15, 0.2) is 58.8 Å². The van der Waals surface area contributed by atoms with Gasteiger partial charge in [-0.3, -0.25) is 19.4 Å². The first kappa shape index (κ1) is 31.7. The number of amides is 2. The number of aromatic carboxylic acids is 1. The first-order valence-electron chi connectivity index (χ1n) is 13.6. The summed E-state index contributed by atoms with van der Waals surface area (Å²) in [6.45, 7) is 3.66.